The maximum absolute atomic E-state index is 11.8. The molecule has 5 heteroatoms. The quantitative estimate of drug-likeness (QED) is 0.809. The van der Waals surface area contributed by atoms with Crippen LogP contribution in [0.1, 0.15) is 27.9 Å². The summed E-state index contributed by atoms with van der Waals surface area (Å²) < 4.78 is 9.78. The highest BCUT2D eigenvalue weighted by Crippen LogP contribution is 2.20. The third kappa shape index (κ3) is 2.87. The molecule has 1 aromatic rings. The zero-order valence-corrected chi connectivity index (χ0v) is 10.2. The minimum absolute atomic E-state index is 0.177. The van der Waals surface area contributed by atoms with E-state index in [2.05, 4.69) is 10.1 Å². The topological polar surface area (TPSA) is 64.6 Å². The molecule has 0 fully saturated rings. The molecule has 1 aliphatic rings. The molecule has 1 aliphatic heterocycles. The van der Waals surface area contributed by atoms with E-state index in [4.69, 9.17) is 4.74 Å². The Morgan fingerprint density at radius 3 is 2.89 bits per heavy atom. The number of hydrogen-bond acceptors (Lipinski definition) is 4. The number of nitrogens with one attached hydrogen (secondary N) is 1. The molecule has 0 saturated carbocycles. The van der Waals surface area contributed by atoms with E-state index >= 15 is 0 Å². The fourth-order valence-corrected chi connectivity index (χ4v) is 1.80. The fourth-order valence-electron chi connectivity index (χ4n) is 1.80. The first-order valence-electron chi connectivity index (χ1n) is 5.75. The van der Waals surface area contributed by atoms with Gasteiger partial charge >= 0.3 is 5.97 Å². The molecule has 1 aromatic carbocycles. The Bertz CT molecular complexity index is 470. The molecule has 96 valence electrons. The van der Waals surface area contributed by atoms with Crippen LogP contribution in [0.15, 0.2) is 18.2 Å². The van der Waals surface area contributed by atoms with Crippen molar-refractivity contribution in [2.24, 2.45) is 0 Å². The van der Waals surface area contributed by atoms with Crippen LogP contribution in [0.5, 0.6) is 0 Å². The smallest absolute Gasteiger partial charge is 0.307 e. The normalized spacial score (nSPS) is 12.9. The Morgan fingerprint density at radius 2 is 2.11 bits per heavy atom. The van der Waals surface area contributed by atoms with Crippen molar-refractivity contribution in [1.82, 2.24) is 5.32 Å². The summed E-state index contributed by atoms with van der Waals surface area (Å²) in [5, 5.41) is 2.67. The Kier molecular flexibility index (Phi) is 3.94. The number of carbonyl (C=O) groups excluding carboxylic acids is 2. The second kappa shape index (κ2) is 5.64. The van der Waals surface area contributed by atoms with Crippen LogP contribution in [-0.2, 0) is 27.5 Å². The lowest BCUT2D eigenvalue weighted by Gasteiger charge is -2.05. The lowest BCUT2D eigenvalue weighted by molar-refractivity contribution is -0.140. The van der Waals surface area contributed by atoms with Gasteiger partial charge in [0.1, 0.15) is 0 Å². The molecule has 1 amide bonds. The average Bonchev–Trinajstić information content (AvgIpc) is 2.85. The summed E-state index contributed by atoms with van der Waals surface area (Å²) in [7, 11) is 1.32. The number of hydrogen-bond donors (Lipinski definition) is 1. The van der Waals surface area contributed by atoms with Gasteiger partial charge < -0.3 is 14.8 Å². The Morgan fingerprint density at radius 1 is 1.33 bits per heavy atom. The maximum atomic E-state index is 11.8. The number of fused-ring (bicyclic) bond motifs is 1. The van der Waals surface area contributed by atoms with Gasteiger partial charge in [-0.05, 0) is 23.3 Å². The van der Waals surface area contributed by atoms with E-state index in [-0.39, 0.29) is 24.8 Å². The monoisotopic (exact) mass is 249 g/mol. The molecular formula is C13H15NO4. The van der Waals surface area contributed by atoms with Crippen molar-refractivity contribution in [3.05, 3.63) is 34.9 Å². The molecule has 0 saturated heterocycles. The zero-order chi connectivity index (χ0) is 13.0. The van der Waals surface area contributed by atoms with Gasteiger partial charge in [-0.2, -0.15) is 0 Å². The Hall–Kier alpha value is -1.88. The summed E-state index contributed by atoms with van der Waals surface area (Å²) in [6.45, 7) is 1.44. The van der Waals surface area contributed by atoms with Gasteiger partial charge in [-0.1, -0.05) is 6.07 Å². The van der Waals surface area contributed by atoms with Crippen LogP contribution >= 0.6 is 0 Å². The van der Waals surface area contributed by atoms with Gasteiger partial charge in [0.05, 0.1) is 26.7 Å². The van der Waals surface area contributed by atoms with Crippen LogP contribution < -0.4 is 5.32 Å². The Balaban J connectivity index is 1.91. The first-order valence-corrected chi connectivity index (χ1v) is 5.75. The van der Waals surface area contributed by atoms with E-state index in [1.807, 2.05) is 12.1 Å². The number of esters is 1. The fraction of sp³-hybridized carbons (Fsp3) is 0.385. The van der Waals surface area contributed by atoms with Crippen LogP contribution in [0.25, 0.3) is 0 Å². The summed E-state index contributed by atoms with van der Waals surface area (Å²) in [6.07, 6.45) is 0.177. The number of ether oxygens (including phenoxy) is 2. The molecule has 0 aromatic heterocycles. The molecule has 1 heterocycles. The van der Waals surface area contributed by atoms with E-state index in [9.17, 15) is 9.59 Å². The number of methoxy groups -OCH3 is 1. The SMILES string of the molecule is COC(=O)CCNC(=O)c1ccc2c(c1)COC2. The minimum atomic E-state index is -0.336. The van der Waals surface area contributed by atoms with Crippen molar-refractivity contribution in [2.45, 2.75) is 19.6 Å². The summed E-state index contributed by atoms with van der Waals surface area (Å²) in [4.78, 5) is 22.7. The van der Waals surface area contributed by atoms with Gasteiger partial charge in [0.2, 0.25) is 0 Å². The molecular weight excluding hydrogens is 234 g/mol. The maximum Gasteiger partial charge on any atom is 0.307 e. The molecule has 5 nitrogen and oxygen atoms in total. The lowest BCUT2D eigenvalue weighted by Crippen LogP contribution is -2.26. The molecule has 0 unspecified atom stereocenters. The standard InChI is InChI=1S/C13H15NO4/c1-17-12(15)4-5-14-13(16)9-2-3-10-7-18-8-11(10)6-9/h2-3,6H,4-5,7-8H2,1H3,(H,14,16). The minimum Gasteiger partial charge on any atom is -0.469 e. The largest absolute Gasteiger partial charge is 0.469 e. The molecule has 2 rings (SSSR count). The number of benzene rings is 1. The van der Waals surface area contributed by atoms with Crippen LogP contribution in [0, 0.1) is 0 Å². The third-order valence-electron chi connectivity index (χ3n) is 2.83. The summed E-state index contributed by atoms with van der Waals surface area (Å²) >= 11 is 0. The van der Waals surface area contributed by atoms with Gasteiger partial charge in [-0.3, -0.25) is 9.59 Å². The van der Waals surface area contributed by atoms with Crippen molar-refractivity contribution >= 4 is 11.9 Å². The highest BCUT2D eigenvalue weighted by atomic mass is 16.5. The molecule has 1 N–H and O–H groups in total. The van der Waals surface area contributed by atoms with Crippen molar-refractivity contribution in [3.8, 4) is 0 Å². The highest BCUT2D eigenvalue weighted by molar-refractivity contribution is 5.94. The molecule has 0 aliphatic carbocycles. The number of amides is 1. The van der Waals surface area contributed by atoms with Crippen LogP contribution in [0.3, 0.4) is 0 Å². The second-order valence-corrected chi connectivity index (χ2v) is 4.06. The van der Waals surface area contributed by atoms with Crippen LogP contribution in [-0.4, -0.2) is 25.5 Å². The van der Waals surface area contributed by atoms with Crippen LogP contribution in [0.2, 0.25) is 0 Å². The number of rotatable bonds is 4. The van der Waals surface area contributed by atoms with Gasteiger partial charge in [0.15, 0.2) is 0 Å². The average molecular weight is 249 g/mol. The first-order chi connectivity index (χ1) is 8.70. The van der Waals surface area contributed by atoms with Crippen molar-refractivity contribution in [2.75, 3.05) is 13.7 Å². The molecule has 0 spiro atoms. The lowest BCUT2D eigenvalue weighted by atomic mass is 10.1. The number of carbonyl (C=O) groups is 2. The van der Waals surface area contributed by atoms with Crippen molar-refractivity contribution < 1.29 is 19.1 Å². The van der Waals surface area contributed by atoms with Gasteiger partial charge in [0, 0.05) is 12.1 Å². The molecule has 0 bridgehead atoms. The van der Waals surface area contributed by atoms with E-state index in [0.29, 0.717) is 18.8 Å². The van der Waals surface area contributed by atoms with E-state index in [1.54, 1.807) is 6.07 Å². The van der Waals surface area contributed by atoms with E-state index < -0.39 is 0 Å². The highest BCUT2D eigenvalue weighted by Gasteiger charge is 2.14. The second-order valence-electron chi connectivity index (χ2n) is 4.06. The predicted octanol–water partition coefficient (Wildman–Crippen LogP) is 1.01. The predicted molar refractivity (Wildman–Crippen MR) is 63.9 cm³/mol. The van der Waals surface area contributed by atoms with Gasteiger partial charge in [0.25, 0.3) is 5.91 Å². The summed E-state index contributed by atoms with van der Waals surface area (Å²) in [6, 6.07) is 5.49. The summed E-state index contributed by atoms with van der Waals surface area (Å²) in [5.74, 6) is -0.522. The van der Waals surface area contributed by atoms with Gasteiger partial charge in [-0.25, -0.2) is 0 Å². The summed E-state index contributed by atoms with van der Waals surface area (Å²) in [5.41, 5.74) is 2.76. The molecule has 0 atom stereocenters. The van der Waals surface area contributed by atoms with Crippen molar-refractivity contribution in [3.63, 3.8) is 0 Å². The van der Waals surface area contributed by atoms with Gasteiger partial charge in [-0.15, -0.1) is 0 Å². The Labute approximate surface area is 105 Å². The third-order valence-corrected chi connectivity index (χ3v) is 2.83. The first kappa shape index (κ1) is 12.6. The van der Waals surface area contributed by atoms with Crippen molar-refractivity contribution in [1.29, 1.82) is 0 Å². The van der Waals surface area contributed by atoms with Crippen LogP contribution in [0.4, 0.5) is 0 Å². The van der Waals surface area contributed by atoms with E-state index in [0.717, 1.165) is 11.1 Å². The van der Waals surface area contributed by atoms with E-state index in [1.165, 1.54) is 7.11 Å². The molecule has 0 radical (unpaired) electrons. The zero-order valence-electron chi connectivity index (χ0n) is 10.2. The molecule has 18 heavy (non-hydrogen) atoms.